The Bertz CT molecular complexity index is 718. The molecule has 27 heavy (non-hydrogen) atoms. The molecule has 2 rings (SSSR count). The molecule has 1 saturated carbocycles. The summed E-state index contributed by atoms with van der Waals surface area (Å²) in [6.45, 7) is 5.40. The van der Waals surface area contributed by atoms with E-state index in [1.54, 1.807) is 26.8 Å². The number of hydrogen-bond donors (Lipinski definition) is 1. The average molecular weight is 379 g/mol. The predicted octanol–water partition coefficient (Wildman–Crippen LogP) is 2.73. The molecule has 0 atom stereocenters. The van der Waals surface area contributed by atoms with E-state index in [2.05, 4.69) is 5.32 Å². The van der Waals surface area contributed by atoms with E-state index in [-0.39, 0.29) is 29.0 Å². The van der Waals surface area contributed by atoms with E-state index in [1.807, 2.05) is 0 Å². The minimum absolute atomic E-state index is 0.0407. The van der Waals surface area contributed by atoms with E-state index in [0.29, 0.717) is 24.9 Å². The van der Waals surface area contributed by atoms with Crippen molar-refractivity contribution in [3.8, 4) is 11.5 Å². The molecule has 8 nitrogen and oxygen atoms in total. The van der Waals surface area contributed by atoms with Crippen molar-refractivity contribution in [1.82, 2.24) is 5.32 Å². The van der Waals surface area contributed by atoms with Crippen molar-refractivity contribution in [3.05, 3.63) is 23.3 Å². The number of benzene rings is 1. The summed E-state index contributed by atoms with van der Waals surface area (Å²) in [5.74, 6) is -0.0388. The van der Waals surface area contributed by atoms with Crippen LogP contribution in [0.15, 0.2) is 12.1 Å². The Kier molecular flexibility index (Phi) is 6.30. The molecule has 8 heteroatoms. The Hall–Kier alpha value is -2.77. The second-order valence-corrected chi connectivity index (χ2v) is 7.25. The Morgan fingerprint density at radius 2 is 1.85 bits per heavy atom. The highest BCUT2D eigenvalue weighted by Crippen LogP contribution is 2.32. The van der Waals surface area contributed by atoms with Gasteiger partial charge in [0.05, 0.1) is 25.3 Å². The monoisotopic (exact) mass is 379 g/mol. The molecule has 148 valence electrons. The fraction of sp³-hybridized carbons (Fsp3) is 0.526. The Balaban J connectivity index is 2.00. The van der Waals surface area contributed by atoms with E-state index in [9.17, 15) is 14.4 Å². The van der Waals surface area contributed by atoms with Crippen molar-refractivity contribution in [2.24, 2.45) is 0 Å². The summed E-state index contributed by atoms with van der Waals surface area (Å²) in [4.78, 5) is 35.0. The largest absolute Gasteiger partial charge is 0.496 e. The standard InChI is InChI=1S/C19H25NO7/c1-19(2,3)27-18(23)20-11-6-12(7-11)26-13-8-14(17(22)25-5)15(10-21)16(9-13)24-4/h8-12H,6-7H2,1-5H3,(H,20,23). The van der Waals surface area contributed by atoms with Crippen molar-refractivity contribution in [1.29, 1.82) is 0 Å². The van der Waals surface area contributed by atoms with Crippen LogP contribution in [0, 0.1) is 0 Å². The molecule has 0 bridgehead atoms. The molecular weight excluding hydrogens is 354 g/mol. The third-order valence-corrected chi connectivity index (χ3v) is 3.98. The summed E-state index contributed by atoms with van der Waals surface area (Å²) >= 11 is 0. The molecule has 0 unspecified atom stereocenters. The smallest absolute Gasteiger partial charge is 0.407 e. The summed E-state index contributed by atoms with van der Waals surface area (Å²) in [5.41, 5.74) is -0.371. The number of methoxy groups -OCH3 is 2. The van der Waals surface area contributed by atoms with Crippen LogP contribution in [0.2, 0.25) is 0 Å². The van der Waals surface area contributed by atoms with Gasteiger partial charge >= 0.3 is 12.1 Å². The van der Waals surface area contributed by atoms with Crippen LogP contribution in [-0.2, 0) is 9.47 Å². The van der Waals surface area contributed by atoms with Crippen molar-refractivity contribution < 1.29 is 33.3 Å². The van der Waals surface area contributed by atoms with Gasteiger partial charge in [0.25, 0.3) is 0 Å². The number of hydrogen-bond acceptors (Lipinski definition) is 7. The summed E-state index contributed by atoms with van der Waals surface area (Å²) < 4.78 is 20.9. The number of nitrogens with one attached hydrogen (secondary N) is 1. The number of aldehydes is 1. The van der Waals surface area contributed by atoms with Gasteiger partial charge in [-0.2, -0.15) is 0 Å². The summed E-state index contributed by atoms with van der Waals surface area (Å²) in [7, 11) is 2.63. The number of alkyl carbamates (subject to hydrolysis) is 1. The molecule has 0 spiro atoms. The molecule has 1 aromatic rings. The number of carbonyl (C=O) groups is 3. The van der Waals surface area contributed by atoms with Crippen LogP contribution in [0.3, 0.4) is 0 Å². The first-order chi connectivity index (χ1) is 12.7. The highest BCUT2D eigenvalue weighted by molar-refractivity contribution is 6.00. The fourth-order valence-corrected chi connectivity index (χ4v) is 2.69. The minimum atomic E-state index is -0.654. The number of amides is 1. The topological polar surface area (TPSA) is 100 Å². The second-order valence-electron chi connectivity index (χ2n) is 7.25. The summed E-state index contributed by atoms with van der Waals surface area (Å²) in [6.07, 6.45) is 1.15. The lowest BCUT2D eigenvalue weighted by Gasteiger charge is -2.36. The van der Waals surface area contributed by atoms with Gasteiger partial charge < -0.3 is 24.3 Å². The predicted molar refractivity (Wildman–Crippen MR) is 96.5 cm³/mol. The summed E-state index contributed by atoms with van der Waals surface area (Å²) in [6, 6.07) is 2.96. The molecule has 1 aromatic carbocycles. The van der Waals surface area contributed by atoms with Crippen molar-refractivity contribution >= 4 is 18.3 Å². The van der Waals surface area contributed by atoms with Gasteiger partial charge in [-0.25, -0.2) is 9.59 Å². The number of carbonyl (C=O) groups excluding carboxylic acids is 3. The lowest BCUT2D eigenvalue weighted by atomic mass is 9.89. The molecular formula is C19H25NO7. The van der Waals surface area contributed by atoms with E-state index < -0.39 is 17.7 Å². The quantitative estimate of drug-likeness (QED) is 0.599. The zero-order chi connectivity index (χ0) is 20.2. The molecule has 0 aliphatic heterocycles. The normalized spacial score (nSPS) is 18.7. The second kappa shape index (κ2) is 8.28. The van der Waals surface area contributed by atoms with Gasteiger partial charge in [-0.3, -0.25) is 4.79 Å². The summed E-state index contributed by atoms with van der Waals surface area (Å²) in [5, 5.41) is 2.78. The SMILES string of the molecule is COC(=O)c1cc(OC2CC(NC(=O)OC(C)(C)C)C2)cc(OC)c1C=O. The first-order valence-corrected chi connectivity index (χ1v) is 8.58. The van der Waals surface area contributed by atoms with E-state index in [4.69, 9.17) is 18.9 Å². The number of rotatable bonds is 6. The van der Waals surface area contributed by atoms with Crippen LogP contribution in [-0.4, -0.2) is 50.3 Å². The van der Waals surface area contributed by atoms with Crippen LogP contribution in [0.25, 0.3) is 0 Å². The molecule has 1 amide bonds. The zero-order valence-corrected chi connectivity index (χ0v) is 16.2. The Morgan fingerprint density at radius 3 is 2.37 bits per heavy atom. The minimum Gasteiger partial charge on any atom is -0.496 e. The van der Waals surface area contributed by atoms with Crippen LogP contribution in [0.1, 0.15) is 54.3 Å². The van der Waals surface area contributed by atoms with Crippen LogP contribution in [0.4, 0.5) is 4.79 Å². The van der Waals surface area contributed by atoms with Gasteiger partial charge in [0.2, 0.25) is 0 Å². The van der Waals surface area contributed by atoms with Gasteiger partial charge in [-0.15, -0.1) is 0 Å². The maximum absolute atomic E-state index is 11.9. The zero-order valence-electron chi connectivity index (χ0n) is 16.2. The van der Waals surface area contributed by atoms with E-state index >= 15 is 0 Å². The number of ether oxygens (including phenoxy) is 4. The van der Waals surface area contributed by atoms with Crippen LogP contribution < -0.4 is 14.8 Å². The first-order valence-electron chi connectivity index (χ1n) is 8.58. The molecule has 0 heterocycles. The Morgan fingerprint density at radius 1 is 1.19 bits per heavy atom. The maximum Gasteiger partial charge on any atom is 0.407 e. The van der Waals surface area contributed by atoms with Crippen LogP contribution in [0.5, 0.6) is 11.5 Å². The highest BCUT2D eigenvalue weighted by atomic mass is 16.6. The van der Waals surface area contributed by atoms with Crippen LogP contribution >= 0.6 is 0 Å². The van der Waals surface area contributed by atoms with Gasteiger partial charge in [0.15, 0.2) is 6.29 Å². The molecule has 1 aliphatic carbocycles. The van der Waals surface area contributed by atoms with Gasteiger partial charge in [-0.05, 0) is 26.8 Å². The lowest BCUT2D eigenvalue weighted by Crippen LogP contribution is -2.50. The molecule has 0 radical (unpaired) electrons. The number of esters is 1. The van der Waals surface area contributed by atoms with Gasteiger partial charge in [-0.1, -0.05) is 0 Å². The lowest BCUT2D eigenvalue weighted by molar-refractivity contribution is 0.0360. The molecule has 0 saturated heterocycles. The van der Waals surface area contributed by atoms with Gasteiger partial charge in [0, 0.05) is 24.9 Å². The Labute approximate surface area is 158 Å². The van der Waals surface area contributed by atoms with Gasteiger partial charge in [0.1, 0.15) is 23.2 Å². The third kappa shape index (κ3) is 5.35. The third-order valence-electron chi connectivity index (χ3n) is 3.98. The van der Waals surface area contributed by atoms with Crippen molar-refractivity contribution in [2.75, 3.05) is 14.2 Å². The van der Waals surface area contributed by atoms with E-state index in [0.717, 1.165) is 0 Å². The fourth-order valence-electron chi connectivity index (χ4n) is 2.69. The highest BCUT2D eigenvalue weighted by Gasteiger charge is 2.33. The molecule has 1 N–H and O–H groups in total. The molecule has 0 aromatic heterocycles. The van der Waals surface area contributed by atoms with Crippen molar-refractivity contribution in [3.63, 3.8) is 0 Å². The van der Waals surface area contributed by atoms with E-state index in [1.165, 1.54) is 20.3 Å². The maximum atomic E-state index is 11.9. The van der Waals surface area contributed by atoms with Crippen molar-refractivity contribution in [2.45, 2.75) is 51.4 Å². The molecule has 1 fully saturated rings. The first kappa shape index (κ1) is 20.5. The molecule has 1 aliphatic rings. The average Bonchev–Trinajstić information content (AvgIpc) is 2.56.